The van der Waals surface area contributed by atoms with Gasteiger partial charge in [-0.05, 0) is 24.3 Å². The number of carbonyl (C=O) groups is 1. The van der Waals surface area contributed by atoms with Gasteiger partial charge in [-0.15, -0.1) is 13.2 Å². The summed E-state index contributed by atoms with van der Waals surface area (Å²) in [6.45, 7) is -0.0352. The lowest BCUT2D eigenvalue weighted by molar-refractivity contribution is -0.274. The third kappa shape index (κ3) is 6.79. The maximum atomic E-state index is 12.4. The van der Waals surface area contributed by atoms with E-state index >= 15 is 0 Å². The van der Waals surface area contributed by atoms with Crippen molar-refractivity contribution in [1.82, 2.24) is 10.8 Å². The van der Waals surface area contributed by atoms with Gasteiger partial charge in [-0.1, -0.05) is 48.3 Å². The van der Waals surface area contributed by atoms with E-state index in [1.54, 1.807) is 24.3 Å². The molecule has 2 rings (SSSR count). The van der Waals surface area contributed by atoms with Crippen molar-refractivity contribution in [2.24, 2.45) is 0 Å². The average Bonchev–Trinajstić information content (AvgIpc) is 2.65. The smallest absolute Gasteiger partial charge is 0.404 e. The maximum Gasteiger partial charge on any atom is 0.573 e. The van der Waals surface area contributed by atoms with Crippen molar-refractivity contribution in [2.75, 3.05) is 11.9 Å². The first-order chi connectivity index (χ1) is 13.3. The van der Waals surface area contributed by atoms with Gasteiger partial charge in [0, 0.05) is 11.1 Å². The number of anilines is 1. The van der Waals surface area contributed by atoms with Gasteiger partial charge in [0.05, 0.1) is 12.2 Å². The van der Waals surface area contributed by atoms with E-state index in [2.05, 4.69) is 27.2 Å². The number of amides is 2. The van der Waals surface area contributed by atoms with Crippen molar-refractivity contribution in [3.05, 3.63) is 59.7 Å². The van der Waals surface area contributed by atoms with Crippen LogP contribution < -0.4 is 20.9 Å². The molecule has 0 heterocycles. The lowest BCUT2D eigenvalue weighted by Crippen LogP contribution is -2.29. The molecular weight excluding hydrogens is 395 g/mol. The number of ether oxygens (including phenoxy) is 1. The van der Waals surface area contributed by atoms with E-state index in [1.165, 1.54) is 18.2 Å². The fraction of sp³-hybridized carbons (Fsp3) is 0.111. The molecule has 10 heteroatoms. The highest BCUT2D eigenvalue weighted by atomic mass is 32.1. The number of hydroxylamine groups is 1. The Morgan fingerprint density at radius 2 is 1.82 bits per heavy atom. The molecule has 2 aromatic carbocycles. The van der Waals surface area contributed by atoms with Gasteiger partial charge < -0.3 is 15.4 Å². The highest BCUT2D eigenvalue weighted by Crippen LogP contribution is 2.29. The predicted octanol–water partition coefficient (Wildman–Crippen LogP) is 3.41. The Bertz CT molecular complexity index is 906. The van der Waals surface area contributed by atoms with Crippen LogP contribution in [-0.4, -0.2) is 29.1 Å². The molecule has 0 saturated carbocycles. The number of alkyl halides is 3. The van der Waals surface area contributed by atoms with E-state index < -0.39 is 18.1 Å². The Morgan fingerprint density at radius 1 is 1.14 bits per heavy atom. The van der Waals surface area contributed by atoms with Crippen LogP contribution in [0.3, 0.4) is 0 Å². The molecule has 0 fully saturated rings. The van der Waals surface area contributed by atoms with Crippen LogP contribution in [0.4, 0.5) is 23.7 Å². The number of hydrogen-bond acceptors (Lipinski definition) is 4. The highest BCUT2D eigenvalue weighted by molar-refractivity contribution is 7.80. The van der Waals surface area contributed by atoms with E-state index in [4.69, 9.17) is 17.4 Å². The van der Waals surface area contributed by atoms with E-state index in [1.807, 2.05) is 5.48 Å². The number of nitrogens with one attached hydrogen (secondary N) is 3. The quantitative estimate of drug-likeness (QED) is 0.354. The van der Waals surface area contributed by atoms with Crippen LogP contribution in [0, 0.1) is 11.8 Å². The van der Waals surface area contributed by atoms with Crippen LogP contribution in [-0.2, 0) is 0 Å². The lowest BCUT2D eigenvalue weighted by Gasteiger charge is -2.13. The molecule has 0 radical (unpaired) electrons. The minimum atomic E-state index is -4.87. The SMILES string of the molecule is O=C(NCC#Cc1ccc(C(=S)NO)cc1)Nc1ccccc1OC(F)(F)F. The van der Waals surface area contributed by atoms with Gasteiger partial charge in [-0.25, -0.2) is 4.79 Å². The Kier molecular flexibility index (Phi) is 7.20. The molecule has 0 aliphatic heterocycles. The average molecular weight is 409 g/mol. The summed E-state index contributed by atoms with van der Waals surface area (Å²) in [6.07, 6.45) is -4.87. The minimum Gasteiger partial charge on any atom is -0.404 e. The molecule has 2 amide bonds. The summed E-state index contributed by atoms with van der Waals surface area (Å²) < 4.78 is 41.0. The highest BCUT2D eigenvalue weighted by Gasteiger charge is 2.32. The number of benzene rings is 2. The zero-order valence-corrected chi connectivity index (χ0v) is 14.9. The zero-order valence-electron chi connectivity index (χ0n) is 14.1. The van der Waals surface area contributed by atoms with Crippen molar-refractivity contribution >= 4 is 28.9 Å². The van der Waals surface area contributed by atoms with Gasteiger partial charge in [0.25, 0.3) is 0 Å². The normalized spacial score (nSPS) is 10.3. The lowest BCUT2D eigenvalue weighted by atomic mass is 10.1. The molecule has 2 aromatic rings. The molecule has 4 N–H and O–H groups in total. The van der Waals surface area contributed by atoms with Crippen LogP contribution in [0.5, 0.6) is 5.75 Å². The summed E-state index contributed by atoms with van der Waals surface area (Å²) in [5.74, 6) is 4.98. The van der Waals surface area contributed by atoms with Gasteiger partial charge in [0.1, 0.15) is 4.99 Å². The molecule has 146 valence electrons. The van der Waals surface area contributed by atoms with E-state index in [0.29, 0.717) is 11.1 Å². The maximum absolute atomic E-state index is 12.4. The van der Waals surface area contributed by atoms with Crippen LogP contribution in [0.1, 0.15) is 11.1 Å². The topological polar surface area (TPSA) is 82.6 Å². The van der Waals surface area contributed by atoms with E-state index in [9.17, 15) is 18.0 Å². The number of halogens is 3. The van der Waals surface area contributed by atoms with Crippen molar-refractivity contribution in [3.8, 4) is 17.6 Å². The molecule has 0 aliphatic carbocycles. The second-order valence-corrected chi connectivity index (χ2v) is 5.58. The fourth-order valence-corrected chi connectivity index (χ4v) is 2.13. The molecular formula is C18H14F3N3O3S. The van der Waals surface area contributed by atoms with Crippen molar-refractivity contribution in [3.63, 3.8) is 0 Å². The second kappa shape index (κ2) is 9.59. The zero-order chi connectivity index (χ0) is 20.6. The third-order valence-electron chi connectivity index (χ3n) is 3.18. The molecule has 28 heavy (non-hydrogen) atoms. The van der Waals surface area contributed by atoms with Gasteiger partial charge in [-0.2, -0.15) is 0 Å². The molecule has 6 nitrogen and oxygen atoms in total. The van der Waals surface area contributed by atoms with Crippen LogP contribution in [0.25, 0.3) is 0 Å². The van der Waals surface area contributed by atoms with Gasteiger partial charge in [0.15, 0.2) is 5.75 Å². The fourth-order valence-electron chi connectivity index (χ4n) is 1.99. The molecule has 0 aliphatic rings. The van der Waals surface area contributed by atoms with Gasteiger partial charge in [0.2, 0.25) is 0 Å². The minimum absolute atomic E-state index is 0.0352. The number of thiocarbonyl (C=S) groups is 1. The standard InChI is InChI=1S/C18H14F3N3O3S/c19-18(20,21)27-15-6-2-1-5-14(15)23-17(25)22-11-3-4-12-7-9-13(10-8-12)16(28)24-26/h1-2,5-10,26H,11H2,(H,24,28)(H2,22,23,25). The summed E-state index contributed by atoms with van der Waals surface area (Å²) in [4.78, 5) is 12.0. The first kappa shape index (κ1) is 21.0. The Hall–Kier alpha value is -3.29. The van der Waals surface area contributed by atoms with Crippen LogP contribution in [0.2, 0.25) is 0 Å². The first-order valence-electron chi connectivity index (χ1n) is 7.71. The largest absolute Gasteiger partial charge is 0.573 e. The Balaban J connectivity index is 1.89. The molecule has 0 saturated heterocycles. The molecule has 0 spiro atoms. The number of para-hydroxylation sites is 2. The van der Waals surface area contributed by atoms with Crippen LogP contribution >= 0.6 is 12.2 Å². The molecule has 0 unspecified atom stereocenters. The third-order valence-corrected chi connectivity index (χ3v) is 3.51. The molecule has 0 bridgehead atoms. The van der Waals surface area contributed by atoms with Crippen molar-refractivity contribution < 1.29 is 27.9 Å². The summed E-state index contributed by atoms with van der Waals surface area (Å²) >= 11 is 4.87. The van der Waals surface area contributed by atoms with Gasteiger partial charge in [-0.3, -0.25) is 10.7 Å². The molecule has 0 aromatic heterocycles. The van der Waals surface area contributed by atoms with Crippen LogP contribution in [0.15, 0.2) is 48.5 Å². The number of carbonyl (C=O) groups excluding carboxylic acids is 1. The van der Waals surface area contributed by atoms with Gasteiger partial charge >= 0.3 is 12.4 Å². The number of rotatable bonds is 4. The predicted molar refractivity (Wildman–Crippen MR) is 100 cm³/mol. The second-order valence-electron chi connectivity index (χ2n) is 5.17. The summed E-state index contributed by atoms with van der Waals surface area (Å²) in [5.41, 5.74) is 3.00. The monoisotopic (exact) mass is 409 g/mol. The molecule has 0 atom stereocenters. The van der Waals surface area contributed by atoms with Crippen molar-refractivity contribution in [1.29, 1.82) is 0 Å². The Labute approximate surface area is 163 Å². The van der Waals surface area contributed by atoms with Crippen molar-refractivity contribution in [2.45, 2.75) is 6.36 Å². The van der Waals surface area contributed by atoms with E-state index in [0.717, 1.165) is 6.07 Å². The summed E-state index contributed by atoms with van der Waals surface area (Å²) in [7, 11) is 0. The first-order valence-corrected chi connectivity index (χ1v) is 8.12. The Morgan fingerprint density at radius 3 is 2.46 bits per heavy atom. The summed E-state index contributed by atoms with van der Waals surface area (Å²) in [5, 5.41) is 13.4. The van der Waals surface area contributed by atoms with E-state index in [-0.39, 0.29) is 17.2 Å². The number of hydrogen-bond donors (Lipinski definition) is 4. The summed E-state index contributed by atoms with van der Waals surface area (Å²) in [6, 6.07) is 11.1. The number of urea groups is 1.